The number of hydrogen-bond donors (Lipinski definition) is 2. The Morgan fingerprint density at radius 2 is 2.00 bits per heavy atom. The lowest BCUT2D eigenvalue weighted by atomic mass is 9.51. The fourth-order valence-corrected chi connectivity index (χ4v) is 6.02. The molecular weight excluding hydrogens is 406 g/mol. The molecular formula is C24H35N5O3. The van der Waals surface area contributed by atoms with E-state index in [0.717, 1.165) is 25.7 Å². The van der Waals surface area contributed by atoms with Crippen molar-refractivity contribution >= 4 is 11.8 Å². The average Bonchev–Trinajstić information content (AvgIpc) is 2.79. The van der Waals surface area contributed by atoms with E-state index in [4.69, 9.17) is 5.26 Å². The van der Waals surface area contributed by atoms with E-state index < -0.39 is 6.10 Å². The molecule has 3 rings (SSSR count). The van der Waals surface area contributed by atoms with Gasteiger partial charge >= 0.3 is 0 Å². The first-order chi connectivity index (χ1) is 15.2. The standard InChI is InChI=1S/C24H35N5O3/c1-15(23(32)29(4)11-5-10-25)18-6-8-24(3)9-7-19(16(2)20(24)21(18)30)28-22(31)17-12-26-14-27-13-17/h12-16,18-21,30H,5-9,11H2,1-4H3,(H,28,31). The number of nitrogens with zero attached hydrogens (tertiary/aromatic N) is 4. The summed E-state index contributed by atoms with van der Waals surface area (Å²) in [5.41, 5.74) is 0.414. The molecule has 0 bridgehead atoms. The Balaban J connectivity index is 1.73. The summed E-state index contributed by atoms with van der Waals surface area (Å²) in [6.07, 6.45) is 7.62. The van der Waals surface area contributed by atoms with Gasteiger partial charge in [0.25, 0.3) is 5.91 Å². The molecule has 2 aliphatic rings. The molecule has 7 unspecified atom stereocenters. The zero-order valence-corrected chi connectivity index (χ0v) is 19.5. The molecule has 2 N–H and O–H groups in total. The second kappa shape index (κ2) is 9.95. The van der Waals surface area contributed by atoms with Crippen LogP contribution in [0.2, 0.25) is 0 Å². The first-order valence-corrected chi connectivity index (χ1v) is 11.6. The molecule has 0 aromatic carbocycles. The Morgan fingerprint density at radius 1 is 1.34 bits per heavy atom. The first kappa shape index (κ1) is 24.1. The number of rotatable bonds is 6. The number of hydrogen-bond acceptors (Lipinski definition) is 6. The Hall–Kier alpha value is -2.53. The van der Waals surface area contributed by atoms with Gasteiger partial charge in [-0.2, -0.15) is 5.26 Å². The second-order valence-corrected chi connectivity index (χ2v) is 9.93. The maximum absolute atomic E-state index is 12.9. The number of aromatic nitrogens is 2. The monoisotopic (exact) mass is 441 g/mol. The molecule has 0 spiro atoms. The van der Waals surface area contributed by atoms with Gasteiger partial charge in [0.05, 0.1) is 24.2 Å². The summed E-state index contributed by atoms with van der Waals surface area (Å²) in [6.45, 7) is 6.63. The third kappa shape index (κ3) is 4.78. The second-order valence-electron chi connectivity index (χ2n) is 9.93. The van der Waals surface area contributed by atoms with Crippen LogP contribution in [0.3, 0.4) is 0 Å². The van der Waals surface area contributed by atoms with Gasteiger partial charge in [0, 0.05) is 37.9 Å². The van der Waals surface area contributed by atoms with Crippen molar-refractivity contribution in [3.63, 3.8) is 0 Å². The van der Waals surface area contributed by atoms with Crippen molar-refractivity contribution in [2.24, 2.45) is 29.1 Å². The zero-order chi connectivity index (χ0) is 23.5. The Bertz CT molecular complexity index is 857. The minimum absolute atomic E-state index is 0.00742. The van der Waals surface area contributed by atoms with Crippen LogP contribution in [0.25, 0.3) is 0 Å². The molecule has 2 aliphatic carbocycles. The van der Waals surface area contributed by atoms with Gasteiger partial charge < -0.3 is 15.3 Å². The van der Waals surface area contributed by atoms with E-state index in [2.05, 4.69) is 35.2 Å². The van der Waals surface area contributed by atoms with Crippen LogP contribution in [0.15, 0.2) is 18.7 Å². The number of aliphatic hydroxyl groups excluding tert-OH is 1. The normalized spacial score (nSPS) is 32.8. The summed E-state index contributed by atoms with van der Waals surface area (Å²) < 4.78 is 0. The van der Waals surface area contributed by atoms with Gasteiger partial charge in [-0.1, -0.05) is 20.8 Å². The number of amides is 2. The molecule has 1 aromatic rings. The summed E-state index contributed by atoms with van der Waals surface area (Å²) in [5.74, 6) is -0.613. The van der Waals surface area contributed by atoms with Crippen molar-refractivity contribution in [1.82, 2.24) is 20.2 Å². The maximum atomic E-state index is 12.9. The van der Waals surface area contributed by atoms with E-state index >= 15 is 0 Å². The van der Waals surface area contributed by atoms with E-state index in [1.165, 1.54) is 18.7 Å². The van der Waals surface area contributed by atoms with Crippen LogP contribution >= 0.6 is 0 Å². The average molecular weight is 442 g/mol. The largest absolute Gasteiger partial charge is 0.392 e. The molecule has 8 heteroatoms. The van der Waals surface area contributed by atoms with Crippen LogP contribution in [-0.2, 0) is 4.79 Å². The van der Waals surface area contributed by atoms with Gasteiger partial charge in [-0.05, 0) is 48.9 Å². The van der Waals surface area contributed by atoms with Crippen molar-refractivity contribution in [3.05, 3.63) is 24.3 Å². The molecule has 0 aliphatic heterocycles. The highest BCUT2D eigenvalue weighted by Crippen LogP contribution is 2.55. The first-order valence-electron chi connectivity index (χ1n) is 11.6. The molecule has 174 valence electrons. The number of nitrogens with one attached hydrogen (secondary N) is 1. The van der Waals surface area contributed by atoms with E-state index in [9.17, 15) is 14.7 Å². The van der Waals surface area contributed by atoms with E-state index in [1.807, 2.05) is 6.92 Å². The summed E-state index contributed by atoms with van der Waals surface area (Å²) in [4.78, 5) is 35.0. The molecule has 2 saturated carbocycles. The number of carbonyl (C=O) groups is 2. The molecule has 1 aromatic heterocycles. The van der Waals surface area contributed by atoms with E-state index in [-0.39, 0.29) is 46.9 Å². The van der Waals surface area contributed by atoms with Crippen molar-refractivity contribution < 1.29 is 14.7 Å². The highest BCUT2D eigenvalue weighted by Gasteiger charge is 2.54. The van der Waals surface area contributed by atoms with Crippen molar-refractivity contribution in [1.29, 1.82) is 5.26 Å². The summed E-state index contributed by atoms with van der Waals surface area (Å²) in [6, 6.07) is 2.02. The van der Waals surface area contributed by atoms with Gasteiger partial charge in [0.15, 0.2) is 0 Å². The third-order valence-electron chi connectivity index (χ3n) is 7.99. The Kier molecular flexibility index (Phi) is 7.50. The van der Waals surface area contributed by atoms with Crippen LogP contribution in [0.5, 0.6) is 0 Å². The summed E-state index contributed by atoms with van der Waals surface area (Å²) in [7, 11) is 1.72. The molecule has 0 saturated heterocycles. The molecule has 32 heavy (non-hydrogen) atoms. The van der Waals surface area contributed by atoms with Gasteiger partial charge in [-0.15, -0.1) is 0 Å². The van der Waals surface area contributed by atoms with Crippen molar-refractivity contribution in [2.75, 3.05) is 13.6 Å². The van der Waals surface area contributed by atoms with Gasteiger partial charge in [0.2, 0.25) is 5.91 Å². The van der Waals surface area contributed by atoms with Crippen LogP contribution in [0.4, 0.5) is 0 Å². The summed E-state index contributed by atoms with van der Waals surface area (Å²) >= 11 is 0. The minimum Gasteiger partial charge on any atom is -0.392 e. The fourth-order valence-electron chi connectivity index (χ4n) is 6.02. The minimum atomic E-state index is -0.619. The Labute approximate surface area is 190 Å². The fraction of sp³-hybridized carbons (Fsp3) is 0.708. The van der Waals surface area contributed by atoms with Crippen LogP contribution < -0.4 is 5.32 Å². The molecule has 1 heterocycles. The lowest BCUT2D eigenvalue weighted by Gasteiger charge is -2.56. The van der Waals surface area contributed by atoms with Gasteiger partial charge in [0.1, 0.15) is 6.33 Å². The smallest absolute Gasteiger partial charge is 0.254 e. The number of nitriles is 1. The molecule has 7 atom stereocenters. The molecule has 2 amide bonds. The molecule has 0 radical (unpaired) electrons. The lowest BCUT2D eigenvalue weighted by Crippen LogP contribution is -2.58. The molecule has 2 fully saturated rings. The molecule has 8 nitrogen and oxygen atoms in total. The van der Waals surface area contributed by atoms with Gasteiger partial charge in [-0.25, -0.2) is 9.97 Å². The van der Waals surface area contributed by atoms with E-state index in [0.29, 0.717) is 18.5 Å². The van der Waals surface area contributed by atoms with Crippen LogP contribution in [0, 0.1) is 40.4 Å². The number of carbonyl (C=O) groups excluding carboxylic acids is 2. The number of aliphatic hydroxyl groups is 1. The SMILES string of the molecule is CC(C(=O)N(C)CCC#N)C1CCC2(C)CCC(NC(=O)c3cncnc3)C(C)C2C1O. The zero-order valence-electron chi connectivity index (χ0n) is 19.5. The summed E-state index contributed by atoms with van der Waals surface area (Å²) in [5, 5.41) is 23.4. The van der Waals surface area contributed by atoms with Crippen molar-refractivity contribution in [2.45, 2.75) is 65.0 Å². The lowest BCUT2D eigenvalue weighted by molar-refractivity contribution is -0.149. The predicted octanol–water partition coefficient (Wildman–Crippen LogP) is 2.41. The number of fused-ring (bicyclic) bond motifs is 1. The topological polar surface area (TPSA) is 119 Å². The van der Waals surface area contributed by atoms with Gasteiger partial charge in [-0.3, -0.25) is 9.59 Å². The van der Waals surface area contributed by atoms with Crippen molar-refractivity contribution in [3.8, 4) is 6.07 Å². The van der Waals surface area contributed by atoms with E-state index in [1.54, 1.807) is 11.9 Å². The third-order valence-corrected chi connectivity index (χ3v) is 7.99. The van der Waals surface area contributed by atoms with Crippen LogP contribution in [0.1, 0.15) is 63.2 Å². The highest BCUT2D eigenvalue weighted by atomic mass is 16.3. The highest BCUT2D eigenvalue weighted by molar-refractivity contribution is 5.93. The predicted molar refractivity (Wildman–Crippen MR) is 119 cm³/mol. The van der Waals surface area contributed by atoms with Crippen LogP contribution in [-0.4, -0.2) is 57.5 Å². The maximum Gasteiger partial charge on any atom is 0.254 e. The quantitative estimate of drug-likeness (QED) is 0.700. The Morgan fingerprint density at radius 3 is 2.66 bits per heavy atom.